The Kier molecular flexibility index (Phi) is 60.6. The molecule has 0 fully saturated rings. The first-order chi connectivity index (χ1) is 40.4. The number of amides is 1. The van der Waals surface area contributed by atoms with Crippen molar-refractivity contribution in [2.24, 2.45) is 0 Å². The maximum absolute atomic E-state index is 13.6. The second-order valence-electron chi connectivity index (χ2n) is 25.0. The zero-order valence-corrected chi connectivity index (χ0v) is 56.3. The van der Waals surface area contributed by atoms with Crippen LogP contribution in [0, 0.1) is 0 Å². The number of esters is 1. The summed E-state index contributed by atoms with van der Waals surface area (Å²) in [5, 5.41) is 3.07. The van der Waals surface area contributed by atoms with Crippen LogP contribution < -0.4 is 5.32 Å². The van der Waals surface area contributed by atoms with Gasteiger partial charge in [0.05, 0.1) is 33.8 Å². The van der Waals surface area contributed by atoms with E-state index < -0.39 is 20.0 Å². The average molecular weight is 1180 g/mol. The third-order valence-electron chi connectivity index (χ3n) is 15.6. The number of ether oxygens (including phenoxy) is 1. The van der Waals surface area contributed by atoms with E-state index in [9.17, 15) is 19.0 Å². The topological polar surface area (TPSA) is 111 Å². The fraction of sp³-hybridized carbons (Fsp3) is 0.808. The lowest BCUT2D eigenvalue weighted by Crippen LogP contribution is -2.47. The molecule has 0 aliphatic carbocycles. The Labute approximate surface area is 514 Å². The minimum absolute atomic E-state index is 0.0379. The molecule has 3 unspecified atom stereocenters. The molecule has 10 heteroatoms. The smallest absolute Gasteiger partial charge is 0.456 e. The molecular weight excluding hydrogens is 1050 g/mol. The van der Waals surface area contributed by atoms with E-state index in [-0.39, 0.29) is 31.5 Å². The van der Waals surface area contributed by atoms with Gasteiger partial charge in [0.2, 0.25) is 5.91 Å². The summed E-state index contributed by atoms with van der Waals surface area (Å²) < 4.78 is 30.8. The van der Waals surface area contributed by atoms with Crippen LogP contribution in [0.2, 0.25) is 0 Å². The fourth-order valence-electron chi connectivity index (χ4n) is 10.2. The monoisotopic (exact) mass is 1180 g/mol. The Hall–Kier alpha value is -2.55. The summed E-state index contributed by atoms with van der Waals surface area (Å²) in [5.41, 5.74) is 0. The number of carbonyl (C=O) groups is 2. The molecule has 0 saturated heterocycles. The van der Waals surface area contributed by atoms with Crippen LogP contribution in [0.3, 0.4) is 0 Å². The number of phosphoric acid groups is 1. The van der Waals surface area contributed by atoms with Gasteiger partial charge in [-0.3, -0.25) is 18.6 Å². The highest BCUT2D eigenvalue weighted by Crippen LogP contribution is 2.43. The summed E-state index contributed by atoms with van der Waals surface area (Å²) in [6.07, 6.45) is 81.8. The van der Waals surface area contributed by atoms with Crippen LogP contribution in [-0.2, 0) is 27.9 Å². The first-order valence-corrected chi connectivity index (χ1v) is 36.8. The van der Waals surface area contributed by atoms with Crippen molar-refractivity contribution in [3.8, 4) is 0 Å². The van der Waals surface area contributed by atoms with Crippen molar-refractivity contribution >= 4 is 19.7 Å². The van der Waals surface area contributed by atoms with E-state index in [1.807, 2.05) is 33.3 Å². The number of carbonyl (C=O) groups excluding carboxylic acids is 2. The molecule has 0 bridgehead atoms. The van der Waals surface area contributed by atoms with Crippen LogP contribution in [0.1, 0.15) is 329 Å². The standard InChI is InChI=1S/C73H135N2O7P/c1-7-10-13-16-19-22-25-28-30-32-34-36-37-39-40-42-44-47-50-53-56-59-62-65-72(76)74-70(69-81-83(78,79)80-68-67-75(4,5)6)71(64-61-58-55-52-49-46-27-24-21-18-15-12-9-3)82-73(77)66-63-60-57-54-51-48-45-43-41-38-35-33-31-29-26-23-20-17-14-11-8-2/h19-20,22-23,28-31,34,36,61,64,70-71H,7-18,21,24-27,32-33,35,37-60,62-63,65-69H2,1-6H3,(H-,74,76,78,79)/p+1/b22-19-,23-20-,30-28-,31-29-,36-34-,64-61+. The molecule has 0 spiro atoms. The highest BCUT2D eigenvalue weighted by Gasteiger charge is 2.30. The van der Waals surface area contributed by atoms with Crippen LogP contribution >= 0.6 is 7.82 Å². The van der Waals surface area contributed by atoms with E-state index in [1.54, 1.807) is 0 Å². The Morgan fingerprint density at radius 1 is 0.422 bits per heavy atom. The summed E-state index contributed by atoms with van der Waals surface area (Å²) in [6, 6.07) is -0.854. The molecule has 0 aliphatic rings. The van der Waals surface area contributed by atoms with Gasteiger partial charge in [0.25, 0.3) is 0 Å². The molecule has 83 heavy (non-hydrogen) atoms. The number of quaternary nitrogens is 1. The van der Waals surface area contributed by atoms with E-state index in [1.165, 1.54) is 218 Å². The third-order valence-corrected chi connectivity index (χ3v) is 16.6. The minimum Gasteiger partial charge on any atom is -0.456 e. The van der Waals surface area contributed by atoms with Gasteiger partial charge < -0.3 is 19.4 Å². The second kappa shape index (κ2) is 62.5. The Morgan fingerprint density at radius 3 is 1.12 bits per heavy atom. The normalized spacial score (nSPS) is 14.0. The van der Waals surface area contributed by atoms with Crippen molar-refractivity contribution in [2.75, 3.05) is 40.9 Å². The predicted octanol–water partition coefficient (Wildman–Crippen LogP) is 22.3. The van der Waals surface area contributed by atoms with Crippen LogP contribution in [0.15, 0.2) is 72.9 Å². The van der Waals surface area contributed by atoms with E-state index in [4.69, 9.17) is 13.8 Å². The maximum atomic E-state index is 13.6. The third kappa shape index (κ3) is 63.8. The lowest BCUT2D eigenvalue weighted by molar-refractivity contribution is -0.870. The molecule has 0 saturated carbocycles. The molecule has 3 atom stereocenters. The van der Waals surface area contributed by atoms with Gasteiger partial charge in [0.15, 0.2) is 0 Å². The van der Waals surface area contributed by atoms with Gasteiger partial charge in [0, 0.05) is 12.8 Å². The number of nitrogens with zero attached hydrogens (tertiary/aromatic N) is 1. The van der Waals surface area contributed by atoms with E-state index in [0.717, 1.165) is 77.0 Å². The van der Waals surface area contributed by atoms with Gasteiger partial charge in [0.1, 0.15) is 19.3 Å². The Morgan fingerprint density at radius 2 is 0.735 bits per heavy atom. The second-order valence-corrected chi connectivity index (χ2v) is 26.5. The highest BCUT2D eigenvalue weighted by atomic mass is 31.2. The highest BCUT2D eigenvalue weighted by molar-refractivity contribution is 7.47. The summed E-state index contributed by atoms with van der Waals surface area (Å²) in [5.74, 6) is -0.502. The SMILES string of the molecule is CCCCC/C=C\C/C=C\C/C=C\CCCCCCCCCCCCC(=O)NC(COP(=O)(O)OCC[N+](C)(C)C)C(/C=C/CCCCCCCCCCCCC)OC(=O)CCCCCCCCCCCCC/C=C\C/C=C\CCCCC. The van der Waals surface area contributed by atoms with Crippen molar-refractivity contribution in [1.29, 1.82) is 0 Å². The van der Waals surface area contributed by atoms with Crippen LogP contribution in [0.4, 0.5) is 0 Å². The molecule has 2 N–H and O–H groups in total. The molecule has 0 aromatic carbocycles. The summed E-state index contributed by atoms with van der Waals surface area (Å²) in [7, 11) is 1.50. The van der Waals surface area contributed by atoms with Crippen LogP contribution in [-0.4, -0.2) is 74.3 Å². The molecule has 0 aromatic heterocycles. The maximum Gasteiger partial charge on any atom is 0.472 e. The molecule has 9 nitrogen and oxygen atoms in total. The van der Waals surface area contributed by atoms with Crippen molar-refractivity contribution in [2.45, 2.75) is 341 Å². The van der Waals surface area contributed by atoms with Gasteiger partial charge in [-0.25, -0.2) is 4.57 Å². The van der Waals surface area contributed by atoms with Crippen molar-refractivity contribution in [3.05, 3.63) is 72.9 Å². The number of phosphoric ester groups is 1. The van der Waals surface area contributed by atoms with Crippen molar-refractivity contribution in [3.63, 3.8) is 0 Å². The Balaban J connectivity index is 5.14. The summed E-state index contributed by atoms with van der Waals surface area (Å²) >= 11 is 0. The average Bonchev–Trinajstić information content (AvgIpc) is 3.46. The molecule has 0 rings (SSSR count). The fourth-order valence-corrected chi connectivity index (χ4v) is 10.9. The largest absolute Gasteiger partial charge is 0.472 e. The van der Waals surface area contributed by atoms with E-state index in [2.05, 4.69) is 86.8 Å². The number of unbranched alkanes of at least 4 members (excludes halogenated alkanes) is 38. The number of allylic oxidation sites excluding steroid dienone is 11. The van der Waals surface area contributed by atoms with E-state index in [0.29, 0.717) is 17.4 Å². The minimum atomic E-state index is -4.46. The van der Waals surface area contributed by atoms with Gasteiger partial charge in [-0.15, -0.1) is 0 Å². The molecular formula is C73H136N2O7P+. The van der Waals surface area contributed by atoms with Gasteiger partial charge in [-0.1, -0.05) is 287 Å². The van der Waals surface area contributed by atoms with Crippen LogP contribution in [0.25, 0.3) is 0 Å². The van der Waals surface area contributed by atoms with Gasteiger partial charge in [-0.2, -0.15) is 0 Å². The molecule has 0 aromatic rings. The van der Waals surface area contributed by atoms with Crippen molar-refractivity contribution < 1.29 is 37.3 Å². The number of hydrogen-bond donors (Lipinski definition) is 2. The number of likely N-dealkylation sites (N-methyl/N-ethyl adjacent to an activating group) is 1. The lowest BCUT2D eigenvalue weighted by Gasteiger charge is -2.27. The molecule has 0 radical (unpaired) electrons. The Bertz CT molecular complexity index is 1650. The first kappa shape index (κ1) is 80.5. The zero-order chi connectivity index (χ0) is 60.7. The molecule has 1 amide bonds. The first-order valence-electron chi connectivity index (χ1n) is 35.3. The molecule has 0 heterocycles. The van der Waals surface area contributed by atoms with Crippen LogP contribution in [0.5, 0.6) is 0 Å². The summed E-state index contributed by atoms with van der Waals surface area (Å²) in [4.78, 5) is 37.9. The number of rotatable bonds is 64. The van der Waals surface area contributed by atoms with Gasteiger partial charge >= 0.3 is 13.8 Å². The van der Waals surface area contributed by atoms with Gasteiger partial charge in [-0.05, 0) is 102 Å². The van der Waals surface area contributed by atoms with E-state index >= 15 is 0 Å². The lowest BCUT2D eigenvalue weighted by atomic mass is 10.0. The summed E-state index contributed by atoms with van der Waals surface area (Å²) in [6.45, 7) is 6.99. The molecule has 0 aliphatic heterocycles. The molecule has 484 valence electrons. The zero-order valence-electron chi connectivity index (χ0n) is 55.4. The predicted molar refractivity (Wildman–Crippen MR) is 360 cm³/mol. The van der Waals surface area contributed by atoms with Crippen molar-refractivity contribution in [1.82, 2.24) is 5.32 Å². The number of nitrogens with one attached hydrogen (secondary N) is 1. The number of hydrogen-bond acceptors (Lipinski definition) is 6. The quantitative estimate of drug-likeness (QED) is 0.0205.